The molecule has 0 saturated carbocycles. The summed E-state index contributed by atoms with van der Waals surface area (Å²) in [5, 5.41) is 8.25. The number of aromatic nitrogens is 3. The van der Waals surface area contributed by atoms with Crippen LogP contribution in [-0.2, 0) is 11.3 Å². The molecular formula is C19H20N4O2. The third-order valence-electron chi connectivity index (χ3n) is 4.78. The maximum absolute atomic E-state index is 12.9. The molecule has 0 N–H and O–H groups in total. The number of nitrogens with zero attached hydrogens (tertiary/aromatic N) is 4. The second-order valence-electron chi connectivity index (χ2n) is 6.25. The molecule has 0 aliphatic carbocycles. The predicted octanol–water partition coefficient (Wildman–Crippen LogP) is 2.80. The Kier molecular flexibility index (Phi) is 4.09. The van der Waals surface area contributed by atoms with E-state index < -0.39 is 0 Å². The topological polar surface area (TPSA) is 60.2 Å². The molecule has 0 bridgehead atoms. The molecule has 0 spiro atoms. The van der Waals surface area contributed by atoms with E-state index in [4.69, 9.17) is 4.74 Å². The van der Waals surface area contributed by atoms with Crippen molar-refractivity contribution in [1.82, 2.24) is 19.9 Å². The van der Waals surface area contributed by atoms with Crippen molar-refractivity contribution in [3.05, 3.63) is 54.1 Å². The van der Waals surface area contributed by atoms with Crippen LogP contribution < -0.4 is 4.74 Å². The fraction of sp³-hybridized carbons (Fsp3) is 0.316. The Morgan fingerprint density at radius 2 is 2.00 bits per heavy atom. The van der Waals surface area contributed by atoms with Gasteiger partial charge in [0.2, 0.25) is 5.91 Å². The van der Waals surface area contributed by atoms with E-state index in [9.17, 15) is 4.79 Å². The number of benzene rings is 2. The molecule has 0 radical (unpaired) electrons. The van der Waals surface area contributed by atoms with E-state index >= 15 is 0 Å². The van der Waals surface area contributed by atoms with Crippen LogP contribution in [-0.4, -0.2) is 39.5 Å². The summed E-state index contributed by atoms with van der Waals surface area (Å²) in [5.74, 6) is 0.905. The monoisotopic (exact) mass is 336 g/mol. The van der Waals surface area contributed by atoms with Gasteiger partial charge in [0.05, 0.1) is 18.7 Å². The first-order valence-electron chi connectivity index (χ1n) is 8.48. The maximum atomic E-state index is 12.9. The molecule has 6 nitrogen and oxygen atoms in total. The van der Waals surface area contributed by atoms with Gasteiger partial charge in [-0.15, -0.1) is 5.10 Å². The quantitative estimate of drug-likeness (QED) is 0.735. The number of methoxy groups -OCH3 is 1. The number of amides is 1. The summed E-state index contributed by atoms with van der Waals surface area (Å²) < 4.78 is 6.90. The summed E-state index contributed by atoms with van der Waals surface area (Å²) in [5.41, 5.74) is 2.84. The summed E-state index contributed by atoms with van der Waals surface area (Å²) in [6.07, 6.45) is 2.00. The lowest BCUT2D eigenvalue weighted by Crippen LogP contribution is -2.33. The fourth-order valence-corrected chi connectivity index (χ4v) is 3.49. The van der Waals surface area contributed by atoms with E-state index in [1.165, 1.54) is 0 Å². The first kappa shape index (κ1) is 15.6. The zero-order valence-electron chi connectivity index (χ0n) is 14.1. The van der Waals surface area contributed by atoms with Crippen LogP contribution in [0.3, 0.4) is 0 Å². The van der Waals surface area contributed by atoms with Gasteiger partial charge in [0.1, 0.15) is 17.8 Å². The SMILES string of the molecule is COc1ccc([C@@H]2CCCN2C(=O)Cn2nnc3ccccc32)cc1. The zero-order chi connectivity index (χ0) is 17.2. The minimum atomic E-state index is 0.0778. The van der Waals surface area contributed by atoms with Gasteiger partial charge in [0.25, 0.3) is 0 Å². The van der Waals surface area contributed by atoms with Crippen LogP contribution in [0.25, 0.3) is 11.0 Å². The Bertz CT molecular complexity index is 888. The van der Waals surface area contributed by atoms with Crippen LogP contribution in [0.2, 0.25) is 0 Å². The van der Waals surface area contributed by atoms with E-state index in [0.717, 1.165) is 41.7 Å². The van der Waals surface area contributed by atoms with Crippen LogP contribution in [0.4, 0.5) is 0 Å². The number of carbonyl (C=O) groups is 1. The number of fused-ring (bicyclic) bond motifs is 1. The number of ether oxygens (including phenoxy) is 1. The van der Waals surface area contributed by atoms with Crippen LogP contribution in [0.1, 0.15) is 24.4 Å². The molecule has 4 rings (SSSR count). The predicted molar refractivity (Wildman–Crippen MR) is 94.2 cm³/mol. The van der Waals surface area contributed by atoms with Crippen molar-refractivity contribution in [2.45, 2.75) is 25.4 Å². The summed E-state index contributed by atoms with van der Waals surface area (Å²) in [7, 11) is 1.66. The van der Waals surface area contributed by atoms with Crippen molar-refractivity contribution in [3.8, 4) is 5.75 Å². The number of hydrogen-bond donors (Lipinski definition) is 0. The highest BCUT2D eigenvalue weighted by atomic mass is 16.5. The molecule has 6 heteroatoms. The van der Waals surface area contributed by atoms with E-state index in [-0.39, 0.29) is 18.5 Å². The van der Waals surface area contributed by atoms with Crippen LogP contribution in [0.15, 0.2) is 48.5 Å². The van der Waals surface area contributed by atoms with Crippen LogP contribution >= 0.6 is 0 Å². The molecule has 2 aromatic carbocycles. The Morgan fingerprint density at radius 1 is 1.20 bits per heavy atom. The second kappa shape index (κ2) is 6.55. The van der Waals surface area contributed by atoms with Crippen molar-refractivity contribution < 1.29 is 9.53 Å². The van der Waals surface area contributed by atoms with Gasteiger partial charge in [-0.2, -0.15) is 0 Å². The molecule has 25 heavy (non-hydrogen) atoms. The Morgan fingerprint density at radius 3 is 2.80 bits per heavy atom. The van der Waals surface area contributed by atoms with Gasteiger partial charge in [-0.1, -0.05) is 29.5 Å². The summed E-state index contributed by atoms with van der Waals surface area (Å²) >= 11 is 0. The van der Waals surface area contributed by atoms with Gasteiger partial charge in [-0.25, -0.2) is 4.68 Å². The van der Waals surface area contributed by atoms with Crippen molar-refractivity contribution in [2.24, 2.45) is 0 Å². The standard InChI is InChI=1S/C19H20N4O2/c1-25-15-10-8-14(9-11-15)17-7-4-12-22(17)19(24)13-23-18-6-3-2-5-16(18)20-21-23/h2-3,5-6,8-11,17H,4,7,12-13H2,1H3/t17-/m0/s1. The highest BCUT2D eigenvalue weighted by Crippen LogP contribution is 2.33. The van der Waals surface area contributed by atoms with Gasteiger partial charge < -0.3 is 9.64 Å². The molecule has 1 aliphatic rings. The molecule has 1 saturated heterocycles. The number of likely N-dealkylation sites (tertiary alicyclic amines) is 1. The van der Waals surface area contributed by atoms with Crippen LogP contribution in [0.5, 0.6) is 5.75 Å². The van der Waals surface area contributed by atoms with E-state index in [0.29, 0.717) is 0 Å². The number of hydrogen-bond acceptors (Lipinski definition) is 4. The van der Waals surface area contributed by atoms with E-state index in [2.05, 4.69) is 10.3 Å². The lowest BCUT2D eigenvalue weighted by molar-refractivity contribution is -0.132. The smallest absolute Gasteiger partial charge is 0.244 e. The lowest BCUT2D eigenvalue weighted by Gasteiger charge is -2.25. The average molecular weight is 336 g/mol. The zero-order valence-corrected chi connectivity index (χ0v) is 14.1. The van der Waals surface area contributed by atoms with Gasteiger partial charge in [0.15, 0.2) is 0 Å². The third kappa shape index (κ3) is 2.95. The molecule has 128 valence electrons. The molecule has 3 aromatic rings. The second-order valence-corrected chi connectivity index (χ2v) is 6.25. The first-order valence-corrected chi connectivity index (χ1v) is 8.48. The average Bonchev–Trinajstić information content (AvgIpc) is 3.29. The van der Waals surface area contributed by atoms with Gasteiger partial charge in [-0.05, 0) is 42.7 Å². The normalized spacial score (nSPS) is 17.2. The highest BCUT2D eigenvalue weighted by Gasteiger charge is 2.30. The van der Waals surface area contributed by atoms with E-state index in [1.807, 2.05) is 53.4 Å². The Balaban J connectivity index is 1.54. The number of carbonyl (C=O) groups excluding carboxylic acids is 1. The molecule has 1 aliphatic heterocycles. The molecule has 1 aromatic heterocycles. The van der Waals surface area contributed by atoms with E-state index in [1.54, 1.807) is 11.8 Å². The number of rotatable bonds is 4. The number of para-hydroxylation sites is 1. The van der Waals surface area contributed by atoms with Crippen LogP contribution in [0, 0.1) is 0 Å². The molecule has 1 atom stereocenters. The first-order chi connectivity index (χ1) is 12.3. The Hall–Kier alpha value is -2.89. The third-order valence-corrected chi connectivity index (χ3v) is 4.78. The highest BCUT2D eigenvalue weighted by molar-refractivity contribution is 5.80. The summed E-state index contributed by atoms with van der Waals surface area (Å²) in [4.78, 5) is 14.8. The minimum Gasteiger partial charge on any atom is -0.497 e. The molecule has 0 unspecified atom stereocenters. The van der Waals surface area contributed by atoms with Crippen molar-refractivity contribution in [2.75, 3.05) is 13.7 Å². The van der Waals surface area contributed by atoms with Crippen molar-refractivity contribution >= 4 is 16.9 Å². The Labute approximate surface area is 146 Å². The largest absolute Gasteiger partial charge is 0.497 e. The maximum Gasteiger partial charge on any atom is 0.244 e. The molecule has 2 heterocycles. The molecular weight excluding hydrogens is 316 g/mol. The van der Waals surface area contributed by atoms with Gasteiger partial charge in [-0.3, -0.25) is 4.79 Å². The lowest BCUT2D eigenvalue weighted by atomic mass is 10.0. The van der Waals surface area contributed by atoms with Gasteiger partial charge in [0, 0.05) is 6.54 Å². The summed E-state index contributed by atoms with van der Waals surface area (Å²) in [6.45, 7) is 0.995. The fourth-order valence-electron chi connectivity index (χ4n) is 3.49. The molecule has 1 fully saturated rings. The minimum absolute atomic E-state index is 0.0778. The van der Waals surface area contributed by atoms with Crippen molar-refractivity contribution in [3.63, 3.8) is 0 Å². The van der Waals surface area contributed by atoms with Gasteiger partial charge >= 0.3 is 0 Å². The molecule has 1 amide bonds. The van der Waals surface area contributed by atoms with Crippen molar-refractivity contribution in [1.29, 1.82) is 0 Å². The summed E-state index contributed by atoms with van der Waals surface area (Å²) in [6, 6.07) is 15.8.